The number of hydrogen-bond acceptors (Lipinski definition) is 3. The number of pyridine rings is 1. The lowest BCUT2D eigenvalue weighted by atomic mass is 10.3. The van der Waals surface area contributed by atoms with E-state index in [4.69, 9.17) is 10.5 Å². The smallest absolute Gasteiger partial charge is 0.213 e. The number of hydrogen-bond donors (Lipinski definition) is 2. The van der Waals surface area contributed by atoms with Crippen molar-refractivity contribution in [1.29, 1.82) is 0 Å². The fraction of sp³-hybridized carbons (Fsp3) is 0.600. The number of ether oxygens (including phenoxy) is 1. The molecule has 0 aliphatic heterocycles. The molecule has 1 heterocycles. The quantitative estimate of drug-likeness (QED) is 0.617. The first-order chi connectivity index (χ1) is 9.78. The molecule has 0 amide bonds. The van der Waals surface area contributed by atoms with Gasteiger partial charge in [0.2, 0.25) is 5.88 Å². The van der Waals surface area contributed by atoms with Crippen LogP contribution in [0.15, 0.2) is 23.3 Å². The van der Waals surface area contributed by atoms with Gasteiger partial charge in [0.25, 0.3) is 0 Å². The number of guanidine groups is 1. The van der Waals surface area contributed by atoms with Crippen LogP contribution in [0.3, 0.4) is 0 Å². The first-order valence-corrected chi connectivity index (χ1v) is 7.43. The van der Waals surface area contributed by atoms with Crippen molar-refractivity contribution in [3.05, 3.63) is 23.9 Å². The molecule has 0 spiro atoms. The second-order valence-electron chi connectivity index (χ2n) is 5.16. The normalized spacial score (nSPS) is 16.4. The molecule has 0 saturated heterocycles. The Balaban J connectivity index is 1.81. The summed E-state index contributed by atoms with van der Waals surface area (Å²) in [6, 6.07) is 3.91. The summed E-state index contributed by atoms with van der Waals surface area (Å²) in [5.74, 6) is 1.19. The van der Waals surface area contributed by atoms with Crippen molar-refractivity contribution in [3.8, 4) is 5.88 Å². The van der Waals surface area contributed by atoms with Crippen molar-refractivity contribution in [2.24, 2.45) is 10.7 Å². The Bertz CT molecular complexity index is 424. The van der Waals surface area contributed by atoms with Crippen molar-refractivity contribution in [2.75, 3.05) is 6.54 Å². The van der Waals surface area contributed by atoms with Crippen molar-refractivity contribution >= 4 is 5.96 Å². The van der Waals surface area contributed by atoms with E-state index in [1.54, 1.807) is 6.20 Å². The third-order valence-electron chi connectivity index (χ3n) is 3.38. The van der Waals surface area contributed by atoms with Crippen LogP contribution < -0.4 is 15.8 Å². The summed E-state index contributed by atoms with van der Waals surface area (Å²) in [4.78, 5) is 8.60. The van der Waals surface area contributed by atoms with E-state index in [-0.39, 0.29) is 0 Å². The van der Waals surface area contributed by atoms with Crippen LogP contribution >= 0.6 is 0 Å². The Morgan fingerprint density at radius 1 is 1.45 bits per heavy atom. The third-order valence-corrected chi connectivity index (χ3v) is 3.38. The maximum atomic E-state index is 5.83. The summed E-state index contributed by atoms with van der Waals surface area (Å²) in [6.07, 6.45) is 8.01. The average molecular weight is 276 g/mol. The Hall–Kier alpha value is -1.78. The number of rotatable bonds is 6. The topological polar surface area (TPSA) is 72.5 Å². The molecule has 0 aromatic carbocycles. The predicted molar refractivity (Wildman–Crippen MR) is 80.7 cm³/mol. The molecule has 0 unspecified atom stereocenters. The lowest BCUT2D eigenvalue weighted by Crippen LogP contribution is -2.32. The molecule has 2 rings (SSSR count). The van der Waals surface area contributed by atoms with Gasteiger partial charge in [-0.05, 0) is 37.7 Å². The van der Waals surface area contributed by atoms with E-state index in [2.05, 4.69) is 22.2 Å². The fourth-order valence-corrected chi connectivity index (χ4v) is 2.24. The molecule has 0 atom stereocenters. The zero-order valence-corrected chi connectivity index (χ0v) is 12.1. The summed E-state index contributed by atoms with van der Waals surface area (Å²) in [6.45, 7) is 3.48. The SMILES string of the molecule is CCCNC(N)=NCc1ccc(OC2CCCC2)nc1. The Kier molecular flexibility index (Phi) is 5.65. The Morgan fingerprint density at radius 2 is 2.25 bits per heavy atom. The summed E-state index contributed by atoms with van der Waals surface area (Å²) < 4.78 is 5.83. The molecule has 20 heavy (non-hydrogen) atoms. The van der Waals surface area contributed by atoms with Gasteiger partial charge in [0.05, 0.1) is 6.54 Å². The van der Waals surface area contributed by atoms with Crippen LogP contribution in [-0.2, 0) is 6.54 Å². The van der Waals surface area contributed by atoms with E-state index in [1.165, 1.54) is 12.8 Å². The van der Waals surface area contributed by atoms with E-state index >= 15 is 0 Å². The highest BCUT2D eigenvalue weighted by Gasteiger charge is 2.16. The standard InChI is InChI=1S/C15H24N4O/c1-2-9-17-15(16)19-11-12-7-8-14(18-10-12)20-13-5-3-4-6-13/h7-8,10,13H,2-6,9,11H2,1H3,(H3,16,17,19). The van der Waals surface area contributed by atoms with Crippen molar-refractivity contribution in [2.45, 2.75) is 51.7 Å². The molecule has 110 valence electrons. The lowest BCUT2D eigenvalue weighted by molar-refractivity contribution is 0.201. The molecule has 0 radical (unpaired) electrons. The second-order valence-corrected chi connectivity index (χ2v) is 5.16. The van der Waals surface area contributed by atoms with Gasteiger partial charge in [0, 0.05) is 18.8 Å². The van der Waals surface area contributed by atoms with Gasteiger partial charge in [0.15, 0.2) is 5.96 Å². The van der Waals surface area contributed by atoms with Gasteiger partial charge in [-0.2, -0.15) is 0 Å². The third kappa shape index (κ3) is 4.72. The largest absolute Gasteiger partial charge is 0.474 e. The highest BCUT2D eigenvalue weighted by atomic mass is 16.5. The van der Waals surface area contributed by atoms with Gasteiger partial charge >= 0.3 is 0 Å². The van der Waals surface area contributed by atoms with Gasteiger partial charge in [-0.3, -0.25) is 0 Å². The van der Waals surface area contributed by atoms with E-state index in [0.29, 0.717) is 24.5 Å². The number of nitrogens with two attached hydrogens (primary N) is 1. The zero-order valence-electron chi connectivity index (χ0n) is 12.1. The van der Waals surface area contributed by atoms with Crippen molar-refractivity contribution in [3.63, 3.8) is 0 Å². The summed E-state index contributed by atoms with van der Waals surface area (Å²) in [5, 5.41) is 3.04. The number of aliphatic imine (C=N–C) groups is 1. The second kappa shape index (κ2) is 7.72. The minimum atomic E-state index is 0.347. The van der Waals surface area contributed by atoms with Gasteiger partial charge in [0.1, 0.15) is 6.10 Å². The molecule has 1 aromatic rings. The molecule has 5 heteroatoms. The average Bonchev–Trinajstić information content (AvgIpc) is 2.97. The first-order valence-electron chi connectivity index (χ1n) is 7.43. The molecule has 1 aliphatic rings. The van der Waals surface area contributed by atoms with Gasteiger partial charge in [-0.15, -0.1) is 0 Å². The van der Waals surface area contributed by atoms with Gasteiger partial charge < -0.3 is 15.8 Å². The van der Waals surface area contributed by atoms with E-state index in [1.807, 2.05) is 12.1 Å². The molecule has 1 aromatic heterocycles. The zero-order chi connectivity index (χ0) is 14.2. The highest BCUT2D eigenvalue weighted by Crippen LogP contribution is 2.22. The number of nitrogens with one attached hydrogen (secondary N) is 1. The summed E-state index contributed by atoms with van der Waals surface area (Å²) >= 11 is 0. The van der Waals surface area contributed by atoms with E-state index < -0.39 is 0 Å². The predicted octanol–water partition coefficient (Wildman–Crippen LogP) is 2.22. The molecule has 3 N–H and O–H groups in total. The van der Waals surface area contributed by atoms with Gasteiger partial charge in [-0.25, -0.2) is 9.98 Å². The summed E-state index contributed by atoms with van der Waals surface area (Å²) in [5.41, 5.74) is 6.77. The minimum absolute atomic E-state index is 0.347. The maximum absolute atomic E-state index is 5.83. The van der Waals surface area contributed by atoms with Crippen molar-refractivity contribution < 1.29 is 4.74 Å². The fourth-order valence-electron chi connectivity index (χ4n) is 2.24. The van der Waals surface area contributed by atoms with Gasteiger partial charge in [-0.1, -0.05) is 13.0 Å². The van der Waals surface area contributed by atoms with Crippen LogP contribution in [0.2, 0.25) is 0 Å². The van der Waals surface area contributed by atoms with Crippen molar-refractivity contribution in [1.82, 2.24) is 10.3 Å². The summed E-state index contributed by atoms with van der Waals surface area (Å²) in [7, 11) is 0. The number of nitrogens with zero attached hydrogens (tertiary/aromatic N) is 2. The molecule has 1 fully saturated rings. The minimum Gasteiger partial charge on any atom is -0.474 e. The van der Waals surface area contributed by atoms with Crippen LogP contribution in [0, 0.1) is 0 Å². The molecular formula is C15H24N4O. The van der Waals surface area contributed by atoms with Crippen LogP contribution in [0.5, 0.6) is 5.88 Å². The van der Waals surface area contributed by atoms with E-state index in [0.717, 1.165) is 31.4 Å². The lowest BCUT2D eigenvalue weighted by Gasteiger charge is -2.11. The molecule has 5 nitrogen and oxygen atoms in total. The number of aromatic nitrogens is 1. The Morgan fingerprint density at radius 3 is 2.90 bits per heavy atom. The van der Waals surface area contributed by atoms with Crippen LogP contribution in [-0.4, -0.2) is 23.6 Å². The maximum Gasteiger partial charge on any atom is 0.213 e. The molecule has 0 bridgehead atoms. The van der Waals surface area contributed by atoms with Crippen LogP contribution in [0.25, 0.3) is 0 Å². The Labute approximate surface area is 120 Å². The van der Waals surface area contributed by atoms with Crippen LogP contribution in [0.1, 0.15) is 44.6 Å². The molecule has 1 aliphatic carbocycles. The highest BCUT2D eigenvalue weighted by molar-refractivity contribution is 5.77. The monoisotopic (exact) mass is 276 g/mol. The molecular weight excluding hydrogens is 252 g/mol. The first kappa shape index (κ1) is 14.6. The van der Waals surface area contributed by atoms with E-state index in [9.17, 15) is 0 Å². The molecule has 1 saturated carbocycles. The van der Waals surface area contributed by atoms with Crippen LogP contribution in [0.4, 0.5) is 0 Å².